The molecule has 1 aromatic carbocycles. The summed E-state index contributed by atoms with van der Waals surface area (Å²) < 4.78 is 0. The number of benzene rings is 1. The van der Waals surface area contributed by atoms with E-state index in [1.165, 1.54) is 18.4 Å². The molecular formula is C17H19NO3. The molecule has 4 heteroatoms. The molecule has 0 atom stereocenters. The van der Waals surface area contributed by atoms with Gasteiger partial charge < -0.3 is 0 Å². The topological polar surface area (TPSA) is 60.2 Å². The van der Waals surface area contributed by atoms with Crippen LogP contribution in [-0.4, -0.2) is 10.7 Å². The zero-order valence-corrected chi connectivity index (χ0v) is 12.2. The number of ketones is 1. The Kier molecular flexibility index (Phi) is 3.62. The van der Waals surface area contributed by atoms with Gasteiger partial charge in [-0.05, 0) is 37.7 Å². The van der Waals surface area contributed by atoms with Crippen LogP contribution in [0, 0.1) is 23.0 Å². The highest BCUT2D eigenvalue weighted by Gasteiger charge is 2.31. The monoisotopic (exact) mass is 285 g/mol. The second-order valence-electron chi connectivity index (χ2n) is 6.06. The standard InChI is InChI=1S/C17H19NO3/c1-11-6-7-13(10-15(11)18(20)21)17-14(8-9-16(17)19)12-4-2-3-5-12/h6-7,10,12H,2-5,8-9H2,1H3. The number of carbonyl (C=O) groups excluding carboxylic acids is 1. The van der Waals surface area contributed by atoms with Crippen molar-refractivity contribution >= 4 is 17.0 Å². The van der Waals surface area contributed by atoms with Crippen LogP contribution in [0.15, 0.2) is 23.8 Å². The summed E-state index contributed by atoms with van der Waals surface area (Å²) in [7, 11) is 0. The van der Waals surface area contributed by atoms with E-state index in [1.807, 2.05) is 6.07 Å². The molecule has 3 rings (SSSR count). The summed E-state index contributed by atoms with van der Waals surface area (Å²) in [5.74, 6) is 0.655. The average molecular weight is 285 g/mol. The first-order valence-electron chi connectivity index (χ1n) is 7.59. The van der Waals surface area contributed by atoms with Crippen LogP contribution in [0.5, 0.6) is 0 Å². The van der Waals surface area contributed by atoms with Gasteiger partial charge in [0.25, 0.3) is 5.69 Å². The minimum absolute atomic E-state index is 0.102. The molecule has 0 aliphatic heterocycles. The fraction of sp³-hybridized carbons (Fsp3) is 0.471. The summed E-state index contributed by atoms with van der Waals surface area (Å²) in [4.78, 5) is 23.0. The van der Waals surface area contributed by atoms with E-state index in [2.05, 4.69) is 0 Å². The van der Waals surface area contributed by atoms with Crippen LogP contribution in [0.2, 0.25) is 0 Å². The number of rotatable bonds is 3. The van der Waals surface area contributed by atoms with Crippen molar-refractivity contribution in [2.75, 3.05) is 0 Å². The molecule has 2 aliphatic rings. The van der Waals surface area contributed by atoms with Crippen LogP contribution in [0.25, 0.3) is 5.57 Å². The molecule has 1 fully saturated rings. The third-order valence-corrected chi connectivity index (χ3v) is 4.76. The summed E-state index contributed by atoms with van der Waals surface area (Å²) >= 11 is 0. The smallest absolute Gasteiger partial charge is 0.272 e. The lowest BCUT2D eigenvalue weighted by molar-refractivity contribution is -0.385. The van der Waals surface area contributed by atoms with Crippen molar-refractivity contribution in [3.8, 4) is 0 Å². The maximum atomic E-state index is 12.3. The highest BCUT2D eigenvalue weighted by atomic mass is 16.6. The van der Waals surface area contributed by atoms with Gasteiger partial charge in [-0.2, -0.15) is 0 Å². The minimum Gasteiger partial charge on any atom is -0.294 e. The zero-order valence-electron chi connectivity index (χ0n) is 12.2. The maximum Gasteiger partial charge on any atom is 0.272 e. The first-order chi connectivity index (χ1) is 10.1. The fourth-order valence-corrected chi connectivity index (χ4v) is 3.67. The van der Waals surface area contributed by atoms with Gasteiger partial charge in [0, 0.05) is 23.6 Å². The van der Waals surface area contributed by atoms with E-state index in [0.717, 1.165) is 30.4 Å². The van der Waals surface area contributed by atoms with E-state index in [4.69, 9.17) is 0 Å². The molecule has 4 nitrogen and oxygen atoms in total. The highest BCUT2D eigenvalue weighted by Crippen LogP contribution is 2.42. The molecule has 0 saturated heterocycles. The lowest BCUT2D eigenvalue weighted by Crippen LogP contribution is -2.02. The van der Waals surface area contributed by atoms with Crippen molar-refractivity contribution < 1.29 is 9.72 Å². The number of hydrogen-bond acceptors (Lipinski definition) is 3. The van der Waals surface area contributed by atoms with Gasteiger partial charge in [0.15, 0.2) is 5.78 Å². The molecule has 0 bridgehead atoms. The van der Waals surface area contributed by atoms with Crippen molar-refractivity contribution in [3.63, 3.8) is 0 Å². The Balaban J connectivity index is 2.07. The fourth-order valence-electron chi connectivity index (χ4n) is 3.67. The summed E-state index contributed by atoms with van der Waals surface area (Å²) in [6.45, 7) is 1.73. The summed E-state index contributed by atoms with van der Waals surface area (Å²) in [6.07, 6.45) is 6.15. The molecule has 1 saturated carbocycles. The number of nitro groups is 1. The Labute approximate surface area is 124 Å². The predicted octanol–water partition coefficient (Wildman–Crippen LogP) is 4.21. The van der Waals surface area contributed by atoms with Crippen LogP contribution in [0.3, 0.4) is 0 Å². The number of nitro benzene ring substituents is 1. The van der Waals surface area contributed by atoms with Gasteiger partial charge in [-0.15, -0.1) is 0 Å². The lowest BCUT2D eigenvalue weighted by atomic mass is 9.90. The largest absolute Gasteiger partial charge is 0.294 e. The molecule has 0 heterocycles. The van der Waals surface area contributed by atoms with Crippen molar-refractivity contribution in [1.82, 2.24) is 0 Å². The first kappa shape index (κ1) is 14.0. The van der Waals surface area contributed by atoms with Gasteiger partial charge in [-0.3, -0.25) is 14.9 Å². The number of hydrogen-bond donors (Lipinski definition) is 0. The number of aryl methyl sites for hydroxylation is 1. The summed E-state index contributed by atoms with van der Waals surface area (Å²) in [6, 6.07) is 5.18. The third kappa shape index (κ3) is 2.50. The molecule has 0 aromatic heterocycles. The van der Waals surface area contributed by atoms with E-state index in [0.29, 0.717) is 17.9 Å². The number of allylic oxidation sites excluding steroid dienone is 2. The van der Waals surface area contributed by atoms with E-state index in [9.17, 15) is 14.9 Å². The Morgan fingerprint density at radius 3 is 2.57 bits per heavy atom. The second kappa shape index (κ2) is 5.43. The number of Topliss-reactive ketones (excluding diaryl/α,β-unsaturated/α-hetero) is 1. The predicted molar refractivity (Wildman–Crippen MR) is 81.0 cm³/mol. The normalized spacial score (nSPS) is 19.6. The highest BCUT2D eigenvalue weighted by molar-refractivity contribution is 6.24. The molecule has 2 aliphatic carbocycles. The van der Waals surface area contributed by atoms with Gasteiger partial charge in [0.2, 0.25) is 0 Å². The van der Waals surface area contributed by atoms with Crippen molar-refractivity contribution in [2.24, 2.45) is 5.92 Å². The quantitative estimate of drug-likeness (QED) is 0.617. The molecule has 21 heavy (non-hydrogen) atoms. The van der Waals surface area contributed by atoms with Gasteiger partial charge in [0.1, 0.15) is 0 Å². The Hall–Kier alpha value is -1.97. The average Bonchev–Trinajstić information content (AvgIpc) is 3.08. The van der Waals surface area contributed by atoms with Crippen molar-refractivity contribution in [3.05, 3.63) is 45.0 Å². The third-order valence-electron chi connectivity index (χ3n) is 4.76. The molecule has 0 radical (unpaired) electrons. The van der Waals surface area contributed by atoms with Crippen molar-refractivity contribution in [2.45, 2.75) is 45.4 Å². The Morgan fingerprint density at radius 2 is 1.90 bits per heavy atom. The van der Waals surface area contributed by atoms with E-state index in [-0.39, 0.29) is 16.4 Å². The van der Waals surface area contributed by atoms with Crippen LogP contribution in [0.4, 0.5) is 5.69 Å². The molecule has 1 aromatic rings. The SMILES string of the molecule is Cc1ccc(C2=C(C3CCCC3)CCC2=O)cc1[N+](=O)[O-]. The van der Waals surface area contributed by atoms with E-state index >= 15 is 0 Å². The molecule has 110 valence electrons. The zero-order chi connectivity index (χ0) is 15.0. The van der Waals surface area contributed by atoms with Gasteiger partial charge in [-0.25, -0.2) is 0 Å². The van der Waals surface area contributed by atoms with Crippen molar-refractivity contribution in [1.29, 1.82) is 0 Å². The lowest BCUT2D eigenvalue weighted by Gasteiger charge is -2.13. The summed E-state index contributed by atoms with van der Waals surface area (Å²) in [5.41, 5.74) is 3.49. The Morgan fingerprint density at radius 1 is 1.19 bits per heavy atom. The van der Waals surface area contributed by atoms with E-state index < -0.39 is 0 Å². The van der Waals surface area contributed by atoms with Gasteiger partial charge in [0.05, 0.1) is 4.92 Å². The second-order valence-corrected chi connectivity index (χ2v) is 6.06. The van der Waals surface area contributed by atoms with Gasteiger partial charge >= 0.3 is 0 Å². The summed E-state index contributed by atoms with van der Waals surface area (Å²) in [5, 5.41) is 11.1. The van der Waals surface area contributed by atoms with Crippen LogP contribution in [-0.2, 0) is 4.79 Å². The van der Waals surface area contributed by atoms with Crippen LogP contribution >= 0.6 is 0 Å². The molecular weight excluding hydrogens is 266 g/mol. The first-order valence-corrected chi connectivity index (χ1v) is 7.59. The van der Waals surface area contributed by atoms with Crippen LogP contribution < -0.4 is 0 Å². The van der Waals surface area contributed by atoms with Gasteiger partial charge in [-0.1, -0.05) is 30.5 Å². The maximum absolute atomic E-state index is 12.3. The number of carbonyl (C=O) groups is 1. The Bertz CT molecular complexity index is 639. The molecule has 0 unspecified atom stereocenters. The molecule has 0 N–H and O–H groups in total. The van der Waals surface area contributed by atoms with E-state index in [1.54, 1.807) is 19.1 Å². The number of nitrogens with zero attached hydrogens (tertiary/aromatic N) is 1. The molecule has 0 amide bonds. The minimum atomic E-state index is -0.367. The molecule has 0 spiro atoms. The van der Waals surface area contributed by atoms with Crippen LogP contribution in [0.1, 0.15) is 49.7 Å².